The van der Waals surface area contributed by atoms with E-state index in [2.05, 4.69) is 49.4 Å². The Morgan fingerprint density at radius 1 is 1.00 bits per heavy atom. The lowest BCUT2D eigenvalue weighted by Crippen LogP contribution is -2.32. The zero-order valence-corrected chi connectivity index (χ0v) is 16.4. The Morgan fingerprint density at radius 2 is 1.85 bits per heavy atom. The van der Waals surface area contributed by atoms with Gasteiger partial charge in [0.25, 0.3) is 0 Å². The van der Waals surface area contributed by atoms with Crippen molar-refractivity contribution in [1.29, 1.82) is 0 Å². The predicted octanol–water partition coefficient (Wildman–Crippen LogP) is 7.01. The standard InChI is InChI=1S/C25H23ClO/c1-2-25(16-18-7-5-15-27-18)14-4-6-17-10-11-20-19-8-3-9-23(26)21(19)12-13-22(20)24(17)25/h3-11,15H,2,12-14,16H2,1H3. The molecule has 2 aromatic carbocycles. The maximum absolute atomic E-state index is 6.51. The fraction of sp³-hybridized carbons (Fsp3) is 0.280. The van der Waals surface area contributed by atoms with Crippen molar-refractivity contribution in [1.82, 2.24) is 0 Å². The van der Waals surface area contributed by atoms with Gasteiger partial charge in [-0.2, -0.15) is 0 Å². The van der Waals surface area contributed by atoms with Crippen LogP contribution in [0.5, 0.6) is 0 Å². The van der Waals surface area contributed by atoms with Crippen LogP contribution in [0.1, 0.15) is 47.8 Å². The van der Waals surface area contributed by atoms with Crippen LogP contribution in [-0.4, -0.2) is 0 Å². The average Bonchev–Trinajstić information content (AvgIpc) is 3.20. The molecule has 27 heavy (non-hydrogen) atoms. The summed E-state index contributed by atoms with van der Waals surface area (Å²) in [6.45, 7) is 2.32. The normalized spacial score (nSPS) is 20.1. The summed E-state index contributed by atoms with van der Waals surface area (Å²) < 4.78 is 5.75. The van der Waals surface area contributed by atoms with Crippen LogP contribution in [0, 0.1) is 0 Å². The summed E-state index contributed by atoms with van der Waals surface area (Å²) in [5.74, 6) is 1.08. The van der Waals surface area contributed by atoms with Crippen LogP contribution in [0.4, 0.5) is 0 Å². The number of hydrogen-bond donors (Lipinski definition) is 0. The summed E-state index contributed by atoms with van der Waals surface area (Å²) in [5, 5.41) is 0.896. The van der Waals surface area contributed by atoms with Gasteiger partial charge in [0.1, 0.15) is 5.76 Å². The van der Waals surface area contributed by atoms with Gasteiger partial charge in [0.15, 0.2) is 0 Å². The number of furan rings is 1. The fourth-order valence-corrected chi connectivity index (χ4v) is 5.39. The molecule has 1 aromatic heterocycles. The molecule has 0 N–H and O–H groups in total. The maximum atomic E-state index is 6.51. The Kier molecular flexibility index (Phi) is 4.02. The molecule has 5 rings (SSSR count). The lowest BCUT2D eigenvalue weighted by Gasteiger charge is -2.39. The summed E-state index contributed by atoms with van der Waals surface area (Å²) in [4.78, 5) is 0. The summed E-state index contributed by atoms with van der Waals surface area (Å²) in [7, 11) is 0. The van der Waals surface area contributed by atoms with Crippen LogP contribution < -0.4 is 0 Å². The van der Waals surface area contributed by atoms with Crippen molar-refractivity contribution in [3.8, 4) is 11.1 Å². The first-order valence-electron chi connectivity index (χ1n) is 9.85. The molecule has 2 aliphatic rings. The zero-order chi connectivity index (χ0) is 18.4. The van der Waals surface area contributed by atoms with E-state index >= 15 is 0 Å². The minimum atomic E-state index is 0.101. The number of allylic oxidation sites excluding steroid dienone is 1. The number of rotatable bonds is 3. The molecule has 0 fully saturated rings. The molecule has 3 aromatic rings. The van der Waals surface area contributed by atoms with Crippen molar-refractivity contribution >= 4 is 17.7 Å². The van der Waals surface area contributed by atoms with Crippen LogP contribution in [0.25, 0.3) is 17.2 Å². The summed E-state index contributed by atoms with van der Waals surface area (Å²) in [5.41, 5.74) is 8.50. The summed E-state index contributed by atoms with van der Waals surface area (Å²) in [6, 6.07) is 15.0. The molecule has 0 radical (unpaired) electrons. The number of fused-ring (bicyclic) bond motifs is 5. The Balaban J connectivity index is 1.73. The van der Waals surface area contributed by atoms with Crippen LogP contribution in [-0.2, 0) is 24.7 Å². The third kappa shape index (κ3) is 2.60. The van der Waals surface area contributed by atoms with Crippen molar-refractivity contribution in [3.63, 3.8) is 0 Å². The van der Waals surface area contributed by atoms with E-state index in [1.165, 1.54) is 33.4 Å². The third-order valence-corrected chi connectivity index (χ3v) is 6.84. The SMILES string of the molecule is CCC1(Cc2ccco2)CC=Cc2ccc3c(c21)CCc1c(Cl)cccc1-3. The summed E-state index contributed by atoms with van der Waals surface area (Å²) >= 11 is 6.51. The molecule has 0 bridgehead atoms. The Labute approximate surface area is 165 Å². The highest BCUT2D eigenvalue weighted by Crippen LogP contribution is 2.48. The van der Waals surface area contributed by atoms with Gasteiger partial charge in [-0.25, -0.2) is 0 Å². The van der Waals surface area contributed by atoms with Gasteiger partial charge in [-0.3, -0.25) is 0 Å². The number of halogens is 1. The first kappa shape index (κ1) is 16.9. The van der Waals surface area contributed by atoms with E-state index < -0.39 is 0 Å². The van der Waals surface area contributed by atoms with Gasteiger partial charge in [-0.05, 0) is 77.3 Å². The van der Waals surface area contributed by atoms with E-state index in [4.69, 9.17) is 16.0 Å². The average molecular weight is 375 g/mol. The molecule has 1 heterocycles. The molecule has 136 valence electrons. The van der Waals surface area contributed by atoms with Crippen LogP contribution in [0.2, 0.25) is 5.02 Å². The highest BCUT2D eigenvalue weighted by Gasteiger charge is 2.38. The second-order valence-electron chi connectivity index (χ2n) is 7.82. The predicted molar refractivity (Wildman–Crippen MR) is 112 cm³/mol. The van der Waals surface area contributed by atoms with Crippen molar-refractivity contribution in [2.75, 3.05) is 0 Å². The van der Waals surface area contributed by atoms with Gasteiger partial charge in [-0.15, -0.1) is 0 Å². The fourth-order valence-electron chi connectivity index (χ4n) is 5.13. The van der Waals surface area contributed by atoms with Gasteiger partial charge in [0, 0.05) is 16.9 Å². The van der Waals surface area contributed by atoms with Gasteiger partial charge in [0.05, 0.1) is 6.26 Å². The first-order chi connectivity index (χ1) is 13.2. The first-order valence-corrected chi connectivity index (χ1v) is 10.2. The molecule has 0 spiro atoms. The van der Waals surface area contributed by atoms with Crippen LogP contribution >= 0.6 is 11.6 Å². The Bertz CT molecular complexity index is 1030. The highest BCUT2D eigenvalue weighted by atomic mass is 35.5. The van der Waals surface area contributed by atoms with Crippen molar-refractivity contribution < 1.29 is 4.42 Å². The zero-order valence-electron chi connectivity index (χ0n) is 15.6. The van der Waals surface area contributed by atoms with Gasteiger partial charge >= 0.3 is 0 Å². The minimum absolute atomic E-state index is 0.101. The van der Waals surface area contributed by atoms with Gasteiger partial charge in [-0.1, -0.05) is 54.9 Å². The molecular weight excluding hydrogens is 352 g/mol. The monoisotopic (exact) mass is 374 g/mol. The van der Waals surface area contributed by atoms with Crippen molar-refractivity contribution in [3.05, 3.63) is 87.8 Å². The van der Waals surface area contributed by atoms with E-state index in [-0.39, 0.29) is 5.41 Å². The molecule has 0 amide bonds. The molecule has 0 aliphatic heterocycles. The highest BCUT2D eigenvalue weighted by molar-refractivity contribution is 6.31. The van der Waals surface area contributed by atoms with E-state index in [1.807, 2.05) is 12.1 Å². The molecule has 2 aliphatic carbocycles. The smallest absolute Gasteiger partial charge is 0.104 e. The lowest BCUT2D eigenvalue weighted by molar-refractivity contribution is 0.363. The molecule has 0 saturated heterocycles. The molecule has 2 heteroatoms. The largest absolute Gasteiger partial charge is 0.469 e. The lowest BCUT2D eigenvalue weighted by atomic mass is 9.64. The van der Waals surface area contributed by atoms with Crippen molar-refractivity contribution in [2.45, 2.75) is 44.4 Å². The molecule has 1 unspecified atom stereocenters. The van der Waals surface area contributed by atoms with Crippen LogP contribution in [0.15, 0.2) is 59.2 Å². The Hall–Kier alpha value is -2.25. The van der Waals surface area contributed by atoms with Crippen LogP contribution in [0.3, 0.4) is 0 Å². The second-order valence-corrected chi connectivity index (χ2v) is 8.23. The van der Waals surface area contributed by atoms with E-state index in [1.54, 1.807) is 6.26 Å². The Morgan fingerprint density at radius 3 is 2.67 bits per heavy atom. The number of benzene rings is 2. The summed E-state index contributed by atoms with van der Waals surface area (Å²) in [6.07, 6.45) is 11.6. The molecule has 0 saturated carbocycles. The quantitative estimate of drug-likeness (QED) is 0.480. The van der Waals surface area contributed by atoms with E-state index in [0.717, 1.165) is 42.9 Å². The molecular formula is C25H23ClO. The van der Waals surface area contributed by atoms with Gasteiger partial charge < -0.3 is 4.42 Å². The maximum Gasteiger partial charge on any atom is 0.104 e. The molecule has 1 atom stereocenters. The van der Waals surface area contributed by atoms with E-state index in [9.17, 15) is 0 Å². The topological polar surface area (TPSA) is 13.1 Å². The third-order valence-electron chi connectivity index (χ3n) is 6.48. The van der Waals surface area contributed by atoms with Gasteiger partial charge in [0.2, 0.25) is 0 Å². The molecule has 1 nitrogen and oxygen atoms in total. The second kappa shape index (κ2) is 6.42. The number of hydrogen-bond acceptors (Lipinski definition) is 1. The van der Waals surface area contributed by atoms with Crippen molar-refractivity contribution in [2.24, 2.45) is 0 Å². The minimum Gasteiger partial charge on any atom is -0.469 e. The van der Waals surface area contributed by atoms with E-state index in [0.29, 0.717) is 0 Å².